The molecule has 0 spiro atoms. The number of esters is 1. The quantitative estimate of drug-likeness (QED) is 0.450. The van der Waals surface area contributed by atoms with Gasteiger partial charge in [-0.05, 0) is 67.5 Å². The normalized spacial score (nSPS) is 26.5. The summed E-state index contributed by atoms with van der Waals surface area (Å²) in [5.74, 6) is 0.360. The molecule has 2 atom stereocenters. The summed E-state index contributed by atoms with van der Waals surface area (Å²) in [5.41, 5.74) is 4.59. The van der Waals surface area contributed by atoms with Gasteiger partial charge in [0.05, 0.1) is 22.4 Å². The molecule has 0 amide bonds. The summed E-state index contributed by atoms with van der Waals surface area (Å²) in [7, 11) is 0. The van der Waals surface area contributed by atoms with Crippen LogP contribution in [-0.2, 0) is 15.6 Å². The maximum Gasteiger partial charge on any atom is 0.324 e. The van der Waals surface area contributed by atoms with Gasteiger partial charge < -0.3 is 4.74 Å². The topological polar surface area (TPSA) is 52.1 Å². The predicted octanol–water partition coefficient (Wildman–Crippen LogP) is 5.18. The van der Waals surface area contributed by atoms with Crippen LogP contribution >= 0.6 is 0 Å². The Morgan fingerprint density at radius 2 is 1.48 bits per heavy atom. The summed E-state index contributed by atoms with van der Waals surface area (Å²) in [6.45, 7) is 10.8. The number of carbonyl (C=O) groups is 1. The second-order valence-corrected chi connectivity index (χ2v) is 9.41. The van der Waals surface area contributed by atoms with Gasteiger partial charge in [-0.3, -0.25) is 4.79 Å². The van der Waals surface area contributed by atoms with Crippen molar-refractivity contribution < 1.29 is 9.53 Å². The van der Waals surface area contributed by atoms with Gasteiger partial charge >= 0.3 is 5.97 Å². The van der Waals surface area contributed by atoms with Gasteiger partial charge in [0.25, 0.3) is 0 Å². The highest BCUT2D eigenvalue weighted by Crippen LogP contribution is 2.70. The minimum atomic E-state index is -0.785. The van der Waals surface area contributed by atoms with Crippen LogP contribution in [0.25, 0.3) is 11.0 Å². The van der Waals surface area contributed by atoms with E-state index < -0.39 is 5.41 Å². The third-order valence-electron chi connectivity index (χ3n) is 7.96. The fourth-order valence-corrected chi connectivity index (χ4v) is 5.49. The molecule has 2 aromatic carbocycles. The maximum atomic E-state index is 13.7. The van der Waals surface area contributed by atoms with E-state index >= 15 is 0 Å². The fourth-order valence-electron chi connectivity index (χ4n) is 5.49. The van der Waals surface area contributed by atoms with Crippen LogP contribution in [0, 0.1) is 19.3 Å². The summed E-state index contributed by atoms with van der Waals surface area (Å²) >= 11 is 0. The average Bonchev–Trinajstić information content (AvgIpc) is 2.98. The van der Waals surface area contributed by atoms with Crippen LogP contribution in [-0.4, -0.2) is 15.9 Å². The fraction of sp³-hybridized carbons (Fsp3) is 0.400. The van der Waals surface area contributed by atoms with Gasteiger partial charge in [0.2, 0.25) is 0 Å². The van der Waals surface area contributed by atoms with Crippen molar-refractivity contribution in [2.75, 3.05) is 0 Å². The summed E-state index contributed by atoms with van der Waals surface area (Å²) in [5, 5.41) is 0. The lowest BCUT2D eigenvalue weighted by molar-refractivity contribution is -0.145. The molecular formula is C25H26N2O2. The monoisotopic (exact) mass is 386 g/mol. The molecule has 1 saturated carbocycles. The molecule has 3 aromatic rings. The van der Waals surface area contributed by atoms with Gasteiger partial charge in [0, 0.05) is 5.41 Å². The molecular weight excluding hydrogens is 360 g/mol. The highest BCUT2D eigenvalue weighted by molar-refractivity contribution is 5.90. The largest absolute Gasteiger partial charge is 0.426 e. The lowest BCUT2D eigenvalue weighted by atomic mass is 9.64. The molecule has 1 fully saturated rings. The summed E-state index contributed by atoms with van der Waals surface area (Å²) < 4.78 is 5.90. The van der Waals surface area contributed by atoms with E-state index in [9.17, 15) is 4.79 Å². The van der Waals surface area contributed by atoms with Crippen molar-refractivity contribution in [1.82, 2.24) is 9.97 Å². The number of hydrogen-bond donors (Lipinski definition) is 0. The zero-order valence-electron chi connectivity index (χ0n) is 17.7. The van der Waals surface area contributed by atoms with E-state index in [4.69, 9.17) is 14.7 Å². The predicted molar refractivity (Wildman–Crippen MR) is 113 cm³/mol. The summed E-state index contributed by atoms with van der Waals surface area (Å²) in [6.07, 6.45) is 1.64. The Bertz CT molecular complexity index is 1170. The van der Waals surface area contributed by atoms with E-state index in [2.05, 4.69) is 46.8 Å². The number of ether oxygens (including phenoxy) is 1. The molecule has 2 aliphatic carbocycles. The first-order valence-corrected chi connectivity index (χ1v) is 10.3. The standard InChI is InChI=1S/C25H26N2O2/c1-15-13-18-19(14-16(15)2)27-21-20(26-18)24(5)11-12-25(21,23(24,3)4)22(28)29-17-9-7-6-8-10-17/h6-10,13-14H,11-12H2,1-5H3. The minimum absolute atomic E-state index is 0.210. The SMILES string of the molecule is Cc1cc2nc3c(nc2cc1C)C1(C(=O)Oc2ccccc2)CCC3(C)C1(C)C. The minimum Gasteiger partial charge on any atom is -0.426 e. The Morgan fingerprint density at radius 3 is 2.10 bits per heavy atom. The molecule has 2 aliphatic rings. The van der Waals surface area contributed by atoms with E-state index in [0.29, 0.717) is 5.75 Å². The van der Waals surface area contributed by atoms with Crippen LogP contribution in [0.5, 0.6) is 5.75 Å². The number of fused-ring (bicyclic) bond motifs is 6. The third kappa shape index (κ3) is 2.12. The van der Waals surface area contributed by atoms with Gasteiger partial charge in [-0.15, -0.1) is 0 Å². The van der Waals surface area contributed by atoms with Crippen LogP contribution < -0.4 is 4.74 Å². The Labute approximate surface area is 171 Å². The molecule has 0 N–H and O–H groups in total. The van der Waals surface area contributed by atoms with E-state index in [1.54, 1.807) is 0 Å². The Kier molecular flexibility index (Phi) is 3.57. The van der Waals surface area contributed by atoms with Crippen molar-refractivity contribution in [2.45, 2.75) is 58.3 Å². The molecule has 4 nitrogen and oxygen atoms in total. The molecule has 0 radical (unpaired) electrons. The van der Waals surface area contributed by atoms with Crippen molar-refractivity contribution in [3.05, 3.63) is 65.0 Å². The van der Waals surface area contributed by atoms with Crippen LogP contribution in [0.15, 0.2) is 42.5 Å². The van der Waals surface area contributed by atoms with Crippen molar-refractivity contribution in [3.8, 4) is 5.75 Å². The average molecular weight is 386 g/mol. The van der Waals surface area contributed by atoms with Gasteiger partial charge in [-0.2, -0.15) is 0 Å². The van der Waals surface area contributed by atoms with Crippen molar-refractivity contribution >= 4 is 17.0 Å². The highest BCUT2D eigenvalue weighted by Gasteiger charge is 2.74. The number of aryl methyl sites for hydroxylation is 2. The molecule has 0 saturated heterocycles. The first kappa shape index (κ1) is 18.3. The first-order chi connectivity index (χ1) is 13.7. The molecule has 29 heavy (non-hydrogen) atoms. The zero-order chi connectivity index (χ0) is 20.6. The molecule has 2 unspecified atom stereocenters. The van der Waals surface area contributed by atoms with E-state index in [1.807, 2.05) is 30.3 Å². The molecule has 148 valence electrons. The lowest BCUT2D eigenvalue weighted by Gasteiger charge is -2.38. The van der Waals surface area contributed by atoms with Crippen molar-refractivity contribution in [2.24, 2.45) is 5.41 Å². The molecule has 1 aromatic heterocycles. The molecule has 0 aliphatic heterocycles. The van der Waals surface area contributed by atoms with Crippen LogP contribution in [0.2, 0.25) is 0 Å². The number of nitrogens with zero attached hydrogens (tertiary/aromatic N) is 2. The number of aromatic nitrogens is 2. The van der Waals surface area contributed by atoms with Crippen LogP contribution in [0.1, 0.15) is 56.1 Å². The Balaban J connectivity index is 1.73. The number of benzene rings is 2. The Morgan fingerprint density at radius 1 is 0.897 bits per heavy atom. The van der Waals surface area contributed by atoms with Gasteiger partial charge in [0.1, 0.15) is 11.2 Å². The molecule has 5 rings (SSSR count). The van der Waals surface area contributed by atoms with Crippen molar-refractivity contribution in [1.29, 1.82) is 0 Å². The van der Waals surface area contributed by atoms with Gasteiger partial charge in [-0.25, -0.2) is 9.97 Å². The molecule has 4 heteroatoms. The second-order valence-electron chi connectivity index (χ2n) is 9.41. The Hall–Kier alpha value is -2.75. The summed E-state index contributed by atoms with van der Waals surface area (Å²) in [4.78, 5) is 23.8. The third-order valence-corrected chi connectivity index (χ3v) is 7.96. The lowest BCUT2D eigenvalue weighted by Crippen LogP contribution is -2.48. The van der Waals surface area contributed by atoms with Crippen LogP contribution in [0.3, 0.4) is 0 Å². The highest BCUT2D eigenvalue weighted by atomic mass is 16.5. The van der Waals surface area contributed by atoms with E-state index in [1.165, 1.54) is 11.1 Å². The maximum absolute atomic E-state index is 13.7. The summed E-state index contributed by atoms with van der Waals surface area (Å²) in [6, 6.07) is 13.5. The van der Waals surface area contributed by atoms with Gasteiger partial charge in [0.15, 0.2) is 0 Å². The number of rotatable bonds is 2. The van der Waals surface area contributed by atoms with E-state index in [-0.39, 0.29) is 16.8 Å². The smallest absolute Gasteiger partial charge is 0.324 e. The molecule has 1 heterocycles. The number of para-hydroxylation sites is 1. The first-order valence-electron chi connectivity index (χ1n) is 10.3. The second kappa shape index (κ2) is 5.65. The number of carbonyl (C=O) groups excluding carboxylic acids is 1. The van der Waals surface area contributed by atoms with Crippen molar-refractivity contribution in [3.63, 3.8) is 0 Å². The van der Waals surface area contributed by atoms with E-state index in [0.717, 1.165) is 35.3 Å². The zero-order valence-corrected chi connectivity index (χ0v) is 17.7. The van der Waals surface area contributed by atoms with Gasteiger partial charge in [-0.1, -0.05) is 39.0 Å². The number of hydrogen-bond acceptors (Lipinski definition) is 4. The van der Waals surface area contributed by atoms with Crippen LogP contribution in [0.4, 0.5) is 0 Å². The molecule has 2 bridgehead atoms.